The predicted octanol–water partition coefficient (Wildman–Crippen LogP) is 1.29. The van der Waals surface area contributed by atoms with Crippen molar-refractivity contribution in [1.82, 2.24) is 4.90 Å². The molecule has 0 spiro atoms. The van der Waals surface area contributed by atoms with Crippen LogP contribution in [0.1, 0.15) is 44.9 Å². The lowest BCUT2D eigenvalue weighted by atomic mass is 9.90. The number of carbonyl (C=O) groups excluding carboxylic acids is 2. The lowest BCUT2D eigenvalue weighted by molar-refractivity contribution is -0.138. The molecule has 2 amide bonds. The van der Waals surface area contributed by atoms with Gasteiger partial charge < -0.3 is 16.4 Å². The van der Waals surface area contributed by atoms with Crippen LogP contribution < -0.4 is 11.5 Å². The molecular weight excluding hydrogens is 290 g/mol. The van der Waals surface area contributed by atoms with Crippen molar-refractivity contribution in [2.45, 2.75) is 44.9 Å². The number of amides is 2. The van der Waals surface area contributed by atoms with Gasteiger partial charge in [-0.1, -0.05) is 6.42 Å². The zero-order valence-electron chi connectivity index (χ0n) is 12.6. The topological polar surface area (TPSA) is 89.4 Å². The molecule has 5 nitrogen and oxygen atoms in total. The first kappa shape index (κ1) is 18.2. The second-order valence-corrected chi connectivity index (χ2v) is 6.33. The Morgan fingerprint density at radius 1 is 1.14 bits per heavy atom. The van der Waals surface area contributed by atoms with Crippen LogP contribution in [-0.2, 0) is 9.59 Å². The van der Waals surface area contributed by atoms with Crippen LogP contribution in [0.15, 0.2) is 0 Å². The van der Waals surface area contributed by atoms with E-state index >= 15 is 0 Å². The monoisotopic (exact) mass is 317 g/mol. The van der Waals surface area contributed by atoms with E-state index in [1.54, 1.807) is 0 Å². The van der Waals surface area contributed by atoms with E-state index in [9.17, 15) is 9.59 Å². The van der Waals surface area contributed by atoms with E-state index in [0.29, 0.717) is 30.7 Å². The minimum Gasteiger partial charge on any atom is -0.370 e. The van der Waals surface area contributed by atoms with Gasteiger partial charge in [0, 0.05) is 25.4 Å². The normalized spacial score (nSPS) is 29.0. The van der Waals surface area contributed by atoms with Crippen molar-refractivity contribution in [2.75, 3.05) is 19.6 Å². The van der Waals surface area contributed by atoms with E-state index < -0.39 is 0 Å². The average molecular weight is 318 g/mol. The second-order valence-electron chi connectivity index (χ2n) is 6.33. The number of carbonyl (C=O) groups is 2. The van der Waals surface area contributed by atoms with Gasteiger partial charge in [0.2, 0.25) is 11.8 Å². The Hall–Kier alpha value is -0.810. The number of hydrogen-bond acceptors (Lipinski definition) is 3. The molecule has 0 aromatic carbocycles. The zero-order valence-corrected chi connectivity index (χ0v) is 13.4. The van der Waals surface area contributed by atoms with Gasteiger partial charge in [-0.05, 0) is 50.5 Å². The Morgan fingerprint density at radius 2 is 1.90 bits per heavy atom. The third kappa shape index (κ3) is 4.85. The van der Waals surface area contributed by atoms with Crippen LogP contribution in [-0.4, -0.2) is 36.3 Å². The number of rotatable bonds is 5. The van der Waals surface area contributed by atoms with Crippen LogP contribution in [0.3, 0.4) is 0 Å². The molecule has 21 heavy (non-hydrogen) atoms. The van der Waals surface area contributed by atoms with E-state index in [4.69, 9.17) is 11.5 Å². The van der Waals surface area contributed by atoms with Crippen LogP contribution in [0, 0.1) is 17.8 Å². The molecule has 2 aliphatic rings. The first-order valence-corrected chi connectivity index (χ1v) is 7.89. The summed E-state index contributed by atoms with van der Waals surface area (Å²) in [6.07, 6.45) is 6.58. The number of likely N-dealkylation sites (tertiary alicyclic amines) is 1. The maximum Gasteiger partial charge on any atom is 0.226 e. The van der Waals surface area contributed by atoms with Crippen molar-refractivity contribution in [3.63, 3.8) is 0 Å². The molecule has 1 aliphatic carbocycles. The minimum atomic E-state index is -0.243. The summed E-state index contributed by atoms with van der Waals surface area (Å²) in [6.45, 7) is 2.27. The average Bonchev–Trinajstić information content (AvgIpc) is 2.93. The molecule has 1 heterocycles. The number of hydrogen-bond donors (Lipinski definition) is 2. The summed E-state index contributed by atoms with van der Waals surface area (Å²) < 4.78 is 0. The fourth-order valence-electron chi connectivity index (χ4n) is 3.73. The number of halogens is 1. The van der Waals surface area contributed by atoms with Crippen LogP contribution in [0.5, 0.6) is 0 Å². The van der Waals surface area contributed by atoms with Gasteiger partial charge in [0.15, 0.2) is 0 Å². The second kappa shape index (κ2) is 8.59. The Bertz CT molecular complexity index is 365. The molecule has 1 unspecified atom stereocenters. The van der Waals surface area contributed by atoms with Crippen molar-refractivity contribution in [3.05, 3.63) is 0 Å². The summed E-state index contributed by atoms with van der Waals surface area (Å²) in [5.41, 5.74) is 11.0. The van der Waals surface area contributed by atoms with E-state index in [1.807, 2.05) is 4.90 Å². The van der Waals surface area contributed by atoms with Gasteiger partial charge in [-0.2, -0.15) is 0 Å². The molecule has 0 bridgehead atoms. The summed E-state index contributed by atoms with van der Waals surface area (Å²) >= 11 is 0. The van der Waals surface area contributed by atoms with Crippen molar-refractivity contribution in [1.29, 1.82) is 0 Å². The number of piperidine rings is 1. The molecule has 6 heteroatoms. The summed E-state index contributed by atoms with van der Waals surface area (Å²) in [5.74, 6) is 0.982. The van der Waals surface area contributed by atoms with Gasteiger partial charge in [0.05, 0.1) is 0 Å². The van der Waals surface area contributed by atoms with Gasteiger partial charge in [-0.15, -0.1) is 12.4 Å². The Kier molecular flexibility index (Phi) is 7.46. The predicted molar refractivity (Wildman–Crippen MR) is 84.9 cm³/mol. The molecule has 2 fully saturated rings. The summed E-state index contributed by atoms with van der Waals surface area (Å²) in [6, 6.07) is 0. The standard InChI is InChI=1S/C15H27N3O2.ClH/c16-9-12-4-1-5-13(12)15(20)18-8-2-3-11(10-18)6-7-14(17)19;/h11-13H,1-10,16H2,(H2,17,19);1H/t11?,12-,13-;/m1./s1. The van der Waals surface area contributed by atoms with Gasteiger partial charge in [-0.3, -0.25) is 9.59 Å². The van der Waals surface area contributed by atoms with Gasteiger partial charge in [-0.25, -0.2) is 0 Å². The fourth-order valence-corrected chi connectivity index (χ4v) is 3.73. The smallest absolute Gasteiger partial charge is 0.226 e. The Labute approximate surface area is 133 Å². The summed E-state index contributed by atoms with van der Waals surface area (Å²) in [4.78, 5) is 25.5. The molecule has 0 radical (unpaired) electrons. The van der Waals surface area contributed by atoms with Gasteiger partial charge >= 0.3 is 0 Å². The maximum absolute atomic E-state index is 12.6. The third-order valence-corrected chi connectivity index (χ3v) is 4.91. The third-order valence-electron chi connectivity index (χ3n) is 4.91. The fraction of sp³-hybridized carbons (Fsp3) is 0.867. The molecular formula is C15H28ClN3O2. The SMILES string of the molecule is Cl.NC[C@H]1CCC[C@H]1C(=O)N1CCCC(CCC(N)=O)C1. The van der Waals surface area contributed by atoms with Crippen LogP contribution >= 0.6 is 12.4 Å². The van der Waals surface area contributed by atoms with Gasteiger partial charge in [0.1, 0.15) is 0 Å². The highest BCUT2D eigenvalue weighted by molar-refractivity contribution is 5.85. The molecule has 3 atom stereocenters. The highest BCUT2D eigenvalue weighted by Gasteiger charge is 2.36. The molecule has 0 aromatic rings. The molecule has 1 saturated heterocycles. The first-order chi connectivity index (χ1) is 9.61. The molecule has 122 valence electrons. The van der Waals surface area contributed by atoms with Gasteiger partial charge in [0.25, 0.3) is 0 Å². The Balaban J connectivity index is 0.00000220. The summed E-state index contributed by atoms with van der Waals surface area (Å²) in [7, 11) is 0. The van der Waals surface area contributed by atoms with Crippen LogP contribution in [0.25, 0.3) is 0 Å². The van der Waals surface area contributed by atoms with E-state index in [2.05, 4.69) is 0 Å². The van der Waals surface area contributed by atoms with Crippen LogP contribution in [0.2, 0.25) is 0 Å². The highest BCUT2D eigenvalue weighted by Crippen LogP contribution is 2.33. The van der Waals surface area contributed by atoms with Crippen molar-refractivity contribution in [2.24, 2.45) is 29.2 Å². The molecule has 2 rings (SSSR count). The largest absolute Gasteiger partial charge is 0.370 e. The lowest BCUT2D eigenvalue weighted by Gasteiger charge is -2.35. The number of nitrogens with zero attached hydrogens (tertiary/aromatic N) is 1. The summed E-state index contributed by atoms with van der Waals surface area (Å²) in [5, 5.41) is 0. The molecule has 0 aromatic heterocycles. The van der Waals surface area contributed by atoms with Crippen molar-refractivity contribution >= 4 is 24.2 Å². The van der Waals surface area contributed by atoms with E-state index in [-0.39, 0.29) is 24.2 Å². The Morgan fingerprint density at radius 3 is 2.57 bits per heavy atom. The van der Waals surface area contributed by atoms with E-state index in [0.717, 1.165) is 51.6 Å². The lowest BCUT2D eigenvalue weighted by Crippen LogP contribution is -2.44. The molecule has 1 saturated carbocycles. The minimum absolute atomic E-state index is 0. The number of nitrogens with two attached hydrogens (primary N) is 2. The maximum atomic E-state index is 12.6. The quantitative estimate of drug-likeness (QED) is 0.800. The van der Waals surface area contributed by atoms with Crippen molar-refractivity contribution in [3.8, 4) is 0 Å². The number of primary amides is 1. The van der Waals surface area contributed by atoms with Crippen LogP contribution in [0.4, 0.5) is 0 Å². The highest BCUT2D eigenvalue weighted by atomic mass is 35.5. The zero-order chi connectivity index (χ0) is 14.5. The van der Waals surface area contributed by atoms with Crippen molar-refractivity contribution < 1.29 is 9.59 Å². The molecule has 1 aliphatic heterocycles. The van der Waals surface area contributed by atoms with E-state index in [1.165, 1.54) is 0 Å². The molecule has 4 N–H and O–H groups in total. The first-order valence-electron chi connectivity index (χ1n) is 7.89.